The van der Waals surface area contributed by atoms with E-state index in [1.807, 2.05) is 25.1 Å². The van der Waals surface area contributed by atoms with Crippen LogP contribution in [0.3, 0.4) is 0 Å². The molecule has 1 aromatic heterocycles. The summed E-state index contributed by atoms with van der Waals surface area (Å²) in [5.41, 5.74) is 2.52. The van der Waals surface area contributed by atoms with Crippen LogP contribution in [-0.4, -0.2) is 10.8 Å². The number of nitrogens with zero attached hydrogens (tertiary/aromatic N) is 1. The summed E-state index contributed by atoms with van der Waals surface area (Å²) in [6.07, 6.45) is 1.73. The molecule has 0 aliphatic rings. The van der Waals surface area contributed by atoms with Gasteiger partial charge in [0.15, 0.2) is 5.78 Å². The molecule has 0 saturated carbocycles. The molecule has 19 heavy (non-hydrogen) atoms. The van der Waals surface area contributed by atoms with Crippen LogP contribution in [0.4, 0.5) is 0 Å². The lowest BCUT2D eigenvalue weighted by Gasteiger charge is -2.11. The van der Waals surface area contributed by atoms with E-state index in [1.54, 1.807) is 18.3 Å². The van der Waals surface area contributed by atoms with Crippen molar-refractivity contribution in [1.29, 1.82) is 0 Å². The van der Waals surface area contributed by atoms with E-state index in [0.717, 1.165) is 15.7 Å². The Balaban J connectivity index is 2.22. The molecule has 1 heterocycles. The first kappa shape index (κ1) is 13.7. The fraction of sp³-hybridized carbons (Fsp3) is 0.200. The zero-order valence-corrected chi connectivity index (χ0v) is 12.4. The highest BCUT2D eigenvalue weighted by molar-refractivity contribution is 9.10. The number of halogens is 1. The Morgan fingerprint density at radius 1 is 1.37 bits per heavy atom. The summed E-state index contributed by atoms with van der Waals surface area (Å²) in [4.78, 5) is 15.8. The van der Waals surface area contributed by atoms with Crippen LogP contribution in [-0.2, 0) is 6.61 Å². The highest BCUT2D eigenvalue weighted by atomic mass is 79.9. The molecule has 4 heteroatoms. The SMILES string of the molecule is CC(=O)c1ccc(Br)cc1OCc1ncccc1C. The minimum Gasteiger partial charge on any atom is -0.486 e. The van der Waals surface area contributed by atoms with Gasteiger partial charge >= 0.3 is 0 Å². The summed E-state index contributed by atoms with van der Waals surface area (Å²) in [6, 6.07) is 9.26. The van der Waals surface area contributed by atoms with Crippen molar-refractivity contribution in [3.05, 3.63) is 57.8 Å². The Morgan fingerprint density at radius 3 is 2.84 bits per heavy atom. The number of ether oxygens (including phenoxy) is 1. The maximum Gasteiger partial charge on any atom is 0.163 e. The second kappa shape index (κ2) is 5.97. The number of hydrogen-bond donors (Lipinski definition) is 0. The Labute approximate surface area is 120 Å². The second-order valence-corrected chi connectivity index (χ2v) is 5.17. The first-order chi connectivity index (χ1) is 9.08. The first-order valence-corrected chi connectivity index (χ1v) is 6.71. The van der Waals surface area contributed by atoms with Gasteiger partial charge in [-0.05, 0) is 43.7 Å². The number of ketones is 1. The van der Waals surface area contributed by atoms with Crippen molar-refractivity contribution in [1.82, 2.24) is 4.98 Å². The molecule has 0 radical (unpaired) electrons. The molecule has 0 aliphatic heterocycles. The van der Waals surface area contributed by atoms with Gasteiger partial charge in [-0.2, -0.15) is 0 Å². The van der Waals surface area contributed by atoms with Crippen LogP contribution < -0.4 is 4.74 Å². The monoisotopic (exact) mass is 319 g/mol. The number of carbonyl (C=O) groups is 1. The van der Waals surface area contributed by atoms with Gasteiger partial charge in [-0.25, -0.2) is 0 Å². The molecule has 2 rings (SSSR count). The molecule has 98 valence electrons. The van der Waals surface area contributed by atoms with Gasteiger partial charge in [0.05, 0.1) is 11.3 Å². The Morgan fingerprint density at radius 2 is 2.16 bits per heavy atom. The van der Waals surface area contributed by atoms with Crippen molar-refractivity contribution in [2.75, 3.05) is 0 Å². The van der Waals surface area contributed by atoms with Gasteiger partial charge in [-0.1, -0.05) is 22.0 Å². The number of aromatic nitrogens is 1. The molecule has 0 unspecified atom stereocenters. The van der Waals surface area contributed by atoms with Gasteiger partial charge in [-0.3, -0.25) is 9.78 Å². The number of Topliss-reactive ketones (excluding diaryl/α,β-unsaturated/α-hetero) is 1. The van der Waals surface area contributed by atoms with Crippen molar-refractivity contribution < 1.29 is 9.53 Å². The van der Waals surface area contributed by atoms with E-state index in [9.17, 15) is 4.79 Å². The lowest BCUT2D eigenvalue weighted by Crippen LogP contribution is -2.04. The van der Waals surface area contributed by atoms with E-state index in [2.05, 4.69) is 20.9 Å². The van der Waals surface area contributed by atoms with E-state index in [-0.39, 0.29) is 5.78 Å². The smallest absolute Gasteiger partial charge is 0.163 e. The molecule has 0 N–H and O–H groups in total. The van der Waals surface area contributed by atoms with Gasteiger partial charge < -0.3 is 4.74 Å². The number of hydrogen-bond acceptors (Lipinski definition) is 3. The van der Waals surface area contributed by atoms with Gasteiger partial charge in [0.1, 0.15) is 12.4 Å². The van der Waals surface area contributed by atoms with Crippen LogP contribution in [0, 0.1) is 6.92 Å². The normalized spacial score (nSPS) is 10.3. The maximum atomic E-state index is 11.5. The lowest BCUT2D eigenvalue weighted by atomic mass is 10.1. The van der Waals surface area contributed by atoms with Gasteiger partial charge in [0.2, 0.25) is 0 Å². The van der Waals surface area contributed by atoms with Crippen molar-refractivity contribution in [2.24, 2.45) is 0 Å². The molecule has 0 spiro atoms. The van der Waals surface area contributed by atoms with Crippen LogP contribution in [0.5, 0.6) is 5.75 Å². The number of benzene rings is 1. The fourth-order valence-corrected chi connectivity index (χ4v) is 2.06. The summed E-state index contributed by atoms with van der Waals surface area (Å²) < 4.78 is 6.61. The summed E-state index contributed by atoms with van der Waals surface area (Å²) in [5.74, 6) is 0.562. The zero-order valence-electron chi connectivity index (χ0n) is 10.8. The second-order valence-electron chi connectivity index (χ2n) is 4.25. The molecule has 0 fully saturated rings. The highest BCUT2D eigenvalue weighted by Gasteiger charge is 2.10. The Hall–Kier alpha value is -1.68. The predicted molar refractivity (Wildman–Crippen MR) is 77.5 cm³/mol. The minimum atomic E-state index is -0.0137. The average molecular weight is 320 g/mol. The molecular formula is C15H14BrNO2. The van der Waals surface area contributed by atoms with Crippen molar-refractivity contribution in [3.8, 4) is 5.75 Å². The number of pyridine rings is 1. The number of aryl methyl sites for hydroxylation is 1. The molecule has 0 bridgehead atoms. The fourth-order valence-electron chi connectivity index (χ4n) is 1.72. The van der Waals surface area contributed by atoms with Crippen LogP contribution in [0.2, 0.25) is 0 Å². The number of rotatable bonds is 4. The highest BCUT2D eigenvalue weighted by Crippen LogP contribution is 2.25. The van der Waals surface area contributed by atoms with Crippen molar-refractivity contribution in [2.45, 2.75) is 20.5 Å². The molecule has 0 aliphatic carbocycles. The summed E-state index contributed by atoms with van der Waals surface area (Å²) in [6.45, 7) is 3.87. The minimum absolute atomic E-state index is 0.0137. The molecule has 0 amide bonds. The lowest BCUT2D eigenvalue weighted by molar-refractivity contribution is 0.101. The summed E-state index contributed by atoms with van der Waals surface area (Å²) >= 11 is 3.38. The third-order valence-electron chi connectivity index (χ3n) is 2.81. The molecule has 3 nitrogen and oxygen atoms in total. The van der Waals surface area contributed by atoms with Crippen LogP contribution >= 0.6 is 15.9 Å². The molecule has 2 aromatic rings. The summed E-state index contributed by atoms with van der Waals surface area (Å²) in [7, 11) is 0. The van der Waals surface area contributed by atoms with Crippen molar-refractivity contribution >= 4 is 21.7 Å². The Bertz CT molecular complexity index is 611. The van der Waals surface area contributed by atoms with E-state index in [0.29, 0.717) is 17.9 Å². The Kier molecular flexibility index (Phi) is 4.32. The van der Waals surface area contributed by atoms with Crippen LogP contribution in [0.1, 0.15) is 28.5 Å². The van der Waals surface area contributed by atoms with Crippen LogP contribution in [0.15, 0.2) is 41.0 Å². The van der Waals surface area contributed by atoms with Gasteiger partial charge in [0.25, 0.3) is 0 Å². The third kappa shape index (κ3) is 3.41. The molecule has 1 aromatic carbocycles. The largest absolute Gasteiger partial charge is 0.486 e. The molecule has 0 saturated heterocycles. The van der Waals surface area contributed by atoms with Crippen LogP contribution in [0.25, 0.3) is 0 Å². The maximum absolute atomic E-state index is 11.5. The standard InChI is InChI=1S/C15H14BrNO2/c1-10-4-3-7-17-14(10)9-19-15-8-12(16)5-6-13(15)11(2)18/h3-8H,9H2,1-2H3. The topological polar surface area (TPSA) is 39.2 Å². The van der Waals surface area contributed by atoms with E-state index in [4.69, 9.17) is 4.74 Å². The predicted octanol–water partition coefficient (Wildman–Crippen LogP) is 3.93. The van der Waals surface area contributed by atoms with Gasteiger partial charge in [-0.15, -0.1) is 0 Å². The van der Waals surface area contributed by atoms with E-state index < -0.39 is 0 Å². The first-order valence-electron chi connectivity index (χ1n) is 5.91. The quantitative estimate of drug-likeness (QED) is 0.801. The van der Waals surface area contributed by atoms with E-state index in [1.165, 1.54) is 6.92 Å². The molecule has 0 atom stereocenters. The molecular weight excluding hydrogens is 306 g/mol. The number of carbonyl (C=O) groups excluding carboxylic acids is 1. The van der Waals surface area contributed by atoms with E-state index >= 15 is 0 Å². The third-order valence-corrected chi connectivity index (χ3v) is 3.30. The van der Waals surface area contributed by atoms with Gasteiger partial charge in [0, 0.05) is 10.7 Å². The zero-order chi connectivity index (χ0) is 13.8. The average Bonchev–Trinajstić information content (AvgIpc) is 2.37. The summed E-state index contributed by atoms with van der Waals surface area (Å²) in [5, 5.41) is 0. The van der Waals surface area contributed by atoms with Crippen molar-refractivity contribution in [3.63, 3.8) is 0 Å².